The lowest BCUT2D eigenvalue weighted by Crippen LogP contribution is -2.61. The van der Waals surface area contributed by atoms with E-state index >= 15 is 13.2 Å². The van der Waals surface area contributed by atoms with Crippen LogP contribution < -0.4 is 16.4 Å². The van der Waals surface area contributed by atoms with E-state index in [2.05, 4.69) is 4.99 Å². The summed E-state index contributed by atoms with van der Waals surface area (Å²) in [6.07, 6.45) is 0. The van der Waals surface area contributed by atoms with Crippen molar-refractivity contribution < 1.29 is 23.1 Å². The first kappa shape index (κ1) is 23.1. The average molecular weight is 488 g/mol. The second-order valence-corrected chi connectivity index (χ2v) is 8.17. The highest BCUT2D eigenvalue weighted by molar-refractivity contribution is 6.05. The van der Waals surface area contributed by atoms with Crippen molar-refractivity contribution in [1.29, 1.82) is 0 Å². The number of guanidine groups is 1. The molecule has 0 amide bonds. The fourth-order valence-corrected chi connectivity index (χ4v) is 4.63. The number of nitrogens with zero attached hydrogens (tertiary/aromatic N) is 2. The summed E-state index contributed by atoms with van der Waals surface area (Å²) in [5.74, 6) is -3.86. The number of carbonyl (C=O) groups is 1. The van der Waals surface area contributed by atoms with Gasteiger partial charge in [-0.15, -0.1) is 0 Å². The van der Waals surface area contributed by atoms with Gasteiger partial charge < -0.3 is 16.6 Å². The Morgan fingerprint density at radius 2 is 1.44 bits per heavy atom. The molecule has 1 unspecified atom stereocenters. The van der Waals surface area contributed by atoms with Crippen LogP contribution >= 0.6 is 0 Å². The van der Waals surface area contributed by atoms with Gasteiger partial charge >= 0.3 is 5.97 Å². The summed E-state index contributed by atoms with van der Waals surface area (Å²) in [6.45, 7) is 0. The van der Waals surface area contributed by atoms with Crippen LogP contribution in [0.25, 0.3) is 11.1 Å². The average Bonchev–Trinajstić information content (AvgIpc) is 2.85. The number of nitrogens with two attached hydrogens (primary N) is 2. The third-order valence-electron chi connectivity index (χ3n) is 6.13. The molecule has 0 saturated carbocycles. The molecule has 1 aliphatic heterocycles. The third-order valence-corrected chi connectivity index (χ3v) is 6.13. The third kappa shape index (κ3) is 3.40. The molecule has 180 valence electrons. The number of benzene rings is 4. The van der Waals surface area contributed by atoms with E-state index in [1.165, 1.54) is 72.8 Å². The van der Waals surface area contributed by atoms with Crippen LogP contribution in [0.5, 0.6) is 0 Å². The second-order valence-electron chi connectivity index (χ2n) is 8.17. The lowest BCUT2D eigenvalue weighted by Gasteiger charge is -2.46. The lowest BCUT2D eigenvalue weighted by molar-refractivity contribution is 0.0697. The van der Waals surface area contributed by atoms with Crippen LogP contribution in [0.3, 0.4) is 0 Å². The zero-order valence-corrected chi connectivity index (χ0v) is 18.6. The summed E-state index contributed by atoms with van der Waals surface area (Å²) in [5.41, 5.74) is 10.4. The van der Waals surface area contributed by atoms with Crippen LogP contribution in [0.2, 0.25) is 0 Å². The first-order valence-electron chi connectivity index (χ1n) is 10.8. The van der Waals surface area contributed by atoms with Crippen LogP contribution in [0.4, 0.5) is 24.5 Å². The smallest absolute Gasteiger partial charge is 0.336 e. The number of halogens is 3. The van der Waals surface area contributed by atoms with Gasteiger partial charge in [-0.25, -0.2) is 23.0 Å². The molecule has 5 rings (SSSR count). The Morgan fingerprint density at radius 1 is 0.833 bits per heavy atom. The van der Waals surface area contributed by atoms with E-state index in [0.29, 0.717) is 0 Å². The molecule has 0 bridgehead atoms. The van der Waals surface area contributed by atoms with Gasteiger partial charge in [0.2, 0.25) is 5.96 Å². The van der Waals surface area contributed by atoms with Crippen molar-refractivity contribution in [3.05, 3.63) is 119 Å². The maximum Gasteiger partial charge on any atom is 0.336 e. The second kappa shape index (κ2) is 8.54. The molecule has 9 heteroatoms. The van der Waals surface area contributed by atoms with Gasteiger partial charge in [-0.2, -0.15) is 0 Å². The first-order chi connectivity index (χ1) is 17.2. The Balaban J connectivity index is 1.99. The standard InChI is InChI=1S/C27H19F3N4O2/c28-18-9-3-1-7-15(18)23-16(25(35)36)13-14-21-24(23)27(32,17-8-2-4-10-19(17)29)34(26(31)33-21)22-12-6-5-11-20(22)30/h1-14H,32H2,(H2,31,33)(H,35,36). The fraction of sp³-hybridized carbons (Fsp3) is 0.0370. The monoisotopic (exact) mass is 488 g/mol. The van der Waals surface area contributed by atoms with Crippen molar-refractivity contribution in [2.45, 2.75) is 5.66 Å². The molecule has 4 aromatic rings. The SMILES string of the molecule is NC1=Nc2ccc(C(=O)O)c(-c3ccccc3F)c2C(N)(c2ccccc2F)N1c1ccccc1F. The van der Waals surface area contributed by atoms with Gasteiger partial charge in [0.15, 0.2) is 5.66 Å². The number of carboxylic acid groups (broad SMARTS) is 1. The Labute approximate surface area is 203 Å². The number of anilines is 1. The minimum atomic E-state index is -2.13. The van der Waals surface area contributed by atoms with Crippen molar-refractivity contribution >= 4 is 23.3 Å². The van der Waals surface area contributed by atoms with Crippen LogP contribution in [0.15, 0.2) is 89.9 Å². The van der Waals surface area contributed by atoms with Crippen LogP contribution in [0.1, 0.15) is 21.5 Å². The van der Waals surface area contributed by atoms with Crippen molar-refractivity contribution in [2.24, 2.45) is 16.5 Å². The van der Waals surface area contributed by atoms with Gasteiger partial charge in [0.25, 0.3) is 0 Å². The molecule has 1 heterocycles. The summed E-state index contributed by atoms with van der Waals surface area (Å²) < 4.78 is 45.7. The largest absolute Gasteiger partial charge is 0.478 e. The number of hydrogen-bond acceptors (Lipinski definition) is 5. The number of aliphatic imine (C=N–C) groups is 1. The Morgan fingerprint density at radius 3 is 2.08 bits per heavy atom. The molecule has 0 radical (unpaired) electrons. The number of para-hydroxylation sites is 1. The van der Waals surface area contributed by atoms with Gasteiger partial charge in [0, 0.05) is 22.3 Å². The van der Waals surface area contributed by atoms with Gasteiger partial charge in [0.1, 0.15) is 17.5 Å². The molecule has 0 saturated heterocycles. The molecule has 0 aliphatic carbocycles. The quantitative estimate of drug-likeness (QED) is 0.371. The maximum atomic E-state index is 15.4. The van der Waals surface area contributed by atoms with Gasteiger partial charge in [-0.3, -0.25) is 4.90 Å². The summed E-state index contributed by atoms with van der Waals surface area (Å²) >= 11 is 0. The Bertz CT molecular complexity index is 1560. The summed E-state index contributed by atoms with van der Waals surface area (Å²) in [4.78, 5) is 17.7. The molecular formula is C27H19F3N4O2. The van der Waals surface area contributed by atoms with Gasteiger partial charge in [0.05, 0.1) is 16.9 Å². The number of fused-ring (bicyclic) bond motifs is 1. The zero-order valence-electron chi connectivity index (χ0n) is 18.6. The molecule has 6 nitrogen and oxygen atoms in total. The zero-order chi connectivity index (χ0) is 25.6. The summed E-state index contributed by atoms with van der Waals surface area (Å²) in [5, 5.41) is 10.0. The number of rotatable bonds is 4. The van der Waals surface area contributed by atoms with Crippen molar-refractivity contribution in [2.75, 3.05) is 4.90 Å². The predicted molar refractivity (Wildman–Crippen MR) is 130 cm³/mol. The van der Waals surface area contributed by atoms with E-state index in [-0.39, 0.29) is 45.2 Å². The molecule has 1 atom stereocenters. The van der Waals surface area contributed by atoms with Crippen LogP contribution in [-0.2, 0) is 5.66 Å². The first-order valence-corrected chi connectivity index (χ1v) is 10.8. The fourth-order valence-electron chi connectivity index (χ4n) is 4.63. The molecule has 1 aliphatic rings. The maximum absolute atomic E-state index is 15.4. The molecule has 5 N–H and O–H groups in total. The molecule has 0 fully saturated rings. The topological polar surface area (TPSA) is 105 Å². The highest BCUT2D eigenvalue weighted by Gasteiger charge is 2.48. The summed E-state index contributed by atoms with van der Waals surface area (Å²) in [7, 11) is 0. The van der Waals surface area contributed by atoms with Crippen LogP contribution in [-0.4, -0.2) is 17.0 Å². The van der Waals surface area contributed by atoms with E-state index in [9.17, 15) is 9.90 Å². The minimum absolute atomic E-state index is 0.0462. The normalized spacial score (nSPS) is 16.9. The van der Waals surface area contributed by atoms with E-state index in [1.807, 2.05) is 0 Å². The van der Waals surface area contributed by atoms with Crippen LogP contribution in [0, 0.1) is 17.5 Å². The van der Waals surface area contributed by atoms with Gasteiger partial charge in [-0.1, -0.05) is 48.5 Å². The summed E-state index contributed by atoms with van der Waals surface area (Å²) in [6, 6.07) is 19.2. The van der Waals surface area contributed by atoms with Gasteiger partial charge in [-0.05, 0) is 36.4 Å². The molecule has 0 spiro atoms. The molecule has 4 aromatic carbocycles. The Hall–Kier alpha value is -4.63. The Kier molecular flexibility index (Phi) is 5.49. The van der Waals surface area contributed by atoms with E-state index in [4.69, 9.17) is 11.5 Å². The lowest BCUT2D eigenvalue weighted by atomic mass is 9.80. The number of aromatic carboxylic acids is 1. The van der Waals surface area contributed by atoms with Crippen molar-refractivity contribution in [3.8, 4) is 11.1 Å². The minimum Gasteiger partial charge on any atom is -0.478 e. The molecule has 0 aromatic heterocycles. The van der Waals surface area contributed by atoms with Crippen molar-refractivity contribution in [1.82, 2.24) is 0 Å². The van der Waals surface area contributed by atoms with E-state index in [0.717, 1.165) is 17.0 Å². The number of carboxylic acids is 1. The van der Waals surface area contributed by atoms with E-state index < -0.39 is 29.1 Å². The van der Waals surface area contributed by atoms with Crippen molar-refractivity contribution in [3.63, 3.8) is 0 Å². The predicted octanol–water partition coefficient (Wildman–Crippen LogP) is 5.10. The highest BCUT2D eigenvalue weighted by atomic mass is 19.1. The highest BCUT2D eigenvalue weighted by Crippen LogP contribution is 2.49. The molecular weight excluding hydrogens is 469 g/mol. The molecule has 36 heavy (non-hydrogen) atoms. The van der Waals surface area contributed by atoms with E-state index in [1.54, 1.807) is 0 Å². The number of hydrogen-bond donors (Lipinski definition) is 3.